The number of hydrogen-bond acceptors (Lipinski definition) is 8. The first kappa shape index (κ1) is 83.5. The minimum atomic E-state index is -4.39. The molecule has 0 saturated heterocycles. The molecule has 0 aromatic heterocycles. The fourth-order valence-corrected chi connectivity index (χ4v) is 12.5. The number of carbonyl (C=O) groups excluding carboxylic acids is 2. The van der Waals surface area contributed by atoms with Gasteiger partial charge in [0.2, 0.25) is 0 Å². The Balaban J connectivity index is 3.76. The summed E-state index contributed by atoms with van der Waals surface area (Å²) >= 11 is 0. The highest BCUT2D eigenvalue weighted by molar-refractivity contribution is 7.47. The highest BCUT2D eigenvalue weighted by Crippen LogP contribution is 2.43. The Morgan fingerprint density at radius 3 is 0.835 bits per heavy atom. The first-order valence-electron chi connectivity index (χ1n) is 37.8. The maximum Gasteiger partial charge on any atom is 0.472 e. The zero-order chi connectivity index (χ0) is 61.6. The van der Waals surface area contributed by atoms with Crippen LogP contribution < -0.4 is 5.73 Å². The SMILES string of the molecule is CCCCCCCCCC/C=C\CCCCCCCCCCCCCCCCCCCCCCCCCCCC(=O)OC(COC(=O)CCCCCCCCCCCCCCCCC/C=C\CCCCCCCCCC)COP(=O)(O)OCCN. The number of unbranched alkanes of at least 4 members (excludes halogenated alkanes) is 56. The van der Waals surface area contributed by atoms with E-state index in [2.05, 4.69) is 38.2 Å². The monoisotopic (exact) mass is 1220 g/mol. The van der Waals surface area contributed by atoms with Crippen molar-refractivity contribution in [2.75, 3.05) is 26.4 Å². The molecule has 0 rings (SSSR count). The normalized spacial score (nSPS) is 12.9. The summed E-state index contributed by atoms with van der Waals surface area (Å²) in [5.74, 6) is -0.801. The molecule has 0 aromatic carbocycles. The fraction of sp³-hybridized carbons (Fsp3) is 0.920. The Hall–Kier alpha value is -1.51. The molecule has 2 unspecified atom stereocenters. The fourth-order valence-electron chi connectivity index (χ4n) is 11.7. The van der Waals surface area contributed by atoms with Crippen molar-refractivity contribution in [3.63, 3.8) is 0 Å². The number of esters is 2. The molecule has 9 nitrogen and oxygen atoms in total. The van der Waals surface area contributed by atoms with Gasteiger partial charge in [-0.3, -0.25) is 18.6 Å². The quantitative estimate of drug-likeness (QED) is 0.0264. The third-order valence-electron chi connectivity index (χ3n) is 17.3. The van der Waals surface area contributed by atoms with E-state index in [0.29, 0.717) is 6.42 Å². The second kappa shape index (κ2) is 71.6. The van der Waals surface area contributed by atoms with E-state index in [-0.39, 0.29) is 38.6 Å². The number of allylic oxidation sites excluding steroid dienone is 4. The Kier molecular flexibility index (Phi) is 70.3. The molecule has 0 aliphatic heterocycles. The van der Waals surface area contributed by atoms with Crippen LogP contribution in [0, 0.1) is 0 Å². The number of hydrogen-bond donors (Lipinski definition) is 2. The summed E-state index contributed by atoms with van der Waals surface area (Å²) in [7, 11) is -4.39. The Morgan fingerprint density at radius 2 is 0.576 bits per heavy atom. The maximum absolute atomic E-state index is 12.8. The summed E-state index contributed by atoms with van der Waals surface area (Å²) < 4.78 is 33.2. The molecule has 0 heterocycles. The van der Waals surface area contributed by atoms with Gasteiger partial charge in [0.25, 0.3) is 0 Å². The van der Waals surface area contributed by atoms with Crippen LogP contribution in [0.3, 0.4) is 0 Å². The van der Waals surface area contributed by atoms with Gasteiger partial charge in [0.05, 0.1) is 13.2 Å². The van der Waals surface area contributed by atoms with Crippen molar-refractivity contribution in [3.8, 4) is 0 Å². The largest absolute Gasteiger partial charge is 0.472 e. The van der Waals surface area contributed by atoms with Crippen molar-refractivity contribution in [1.29, 1.82) is 0 Å². The third-order valence-corrected chi connectivity index (χ3v) is 18.3. The molecule has 85 heavy (non-hydrogen) atoms. The molecule has 0 aliphatic rings. The summed E-state index contributed by atoms with van der Waals surface area (Å²) in [6.45, 7) is 3.83. The predicted molar refractivity (Wildman–Crippen MR) is 368 cm³/mol. The first-order chi connectivity index (χ1) is 41.8. The molecule has 10 heteroatoms. The zero-order valence-corrected chi connectivity index (χ0v) is 57.8. The van der Waals surface area contributed by atoms with E-state index >= 15 is 0 Å². The van der Waals surface area contributed by atoms with E-state index in [0.717, 1.165) is 32.1 Å². The van der Waals surface area contributed by atoms with Crippen LogP contribution in [0.5, 0.6) is 0 Å². The molecule has 0 bridgehead atoms. The summed E-state index contributed by atoms with van der Waals surface area (Å²) in [4.78, 5) is 35.4. The van der Waals surface area contributed by atoms with Crippen molar-refractivity contribution in [1.82, 2.24) is 0 Å². The van der Waals surface area contributed by atoms with Crippen LogP contribution in [0.15, 0.2) is 24.3 Å². The van der Waals surface area contributed by atoms with Crippen LogP contribution in [-0.2, 0) is 32.7 Å². The molecule has 0 amide bonds. The lowest BCUT2D eigenvalue weighted by atomic mass is 10.0. The van der Waals surface area contributed by atoms with Crippen LogP contribution >= 0.6 is 7.82 Å². The van der Waals surface area contributed by atoms with Crippen LogP contribution in [0.25, 0.3) is 0 Å². The first-order valence-corrected chi connectivity index (χ1v) is 39.3. The molecule has 2 atom stereocenters. The van der Waals surface area contributed by atoms with E-state index in [1.807, 2.05) is 0 Å². The summed E-state index contributed by atoms with van der Waals surface area (Å²) in [6, 6.07) is 0. The predicted octanol–water partition coefficient (Wildman–Crippen LogP) is 24.9. The summed E-state index contributed by atoms with van der Waals surface area (Å²) in [6.07, 6.45) is 88.8. The minimum Gasteiger partial charge on any atom is -0.462 e. The average Bonchev–Trinajstić information content (AvgIpc) is 3.52. The molecular weight excluding hydrogens is 1070 g/mol. The van der Waals surface area contributed by atoms with Gasteiger partial charge in [-0.25, -0.2) is 4.57 Å². The van der Waals surface area contributed by atoms with Crippen molar-refractivity contribution in [2.45, 2.75) is 418 Å². The van der Waals surface area contributed by atoms with E-state index < -0.39 is 26.5 Å². The molecule has 0 spiro atoms. The van der Waals surface area contributed by atoms with Crippen LogP contribution in [0.2, 0.25) is 0 Å². The highest BCUT2D eigenvalue weighted by Gasteiger charge is 2.26. The number of nitrogens with two attached hydrogens (primary N) is 1. The maximum atomic E-state index is 12.8. The average molecular weight is 1220 g/mol. The van der Waals surface area contributed by atoms with Crippen molar-refractivity contribution >= 4 is 19.8 Å². The number of phosphoric acid groups is 1. The summed E-state index contributed by atoms with van der Waals surface area (Å²) in [5.41, 5.74) is 5.41. The van der Waals surface area contributed by atoms with Gasteiger partial charge in [0.1, 0.15) is 6.61 Å². The molecule has 0 aliphatic carbocycles. The van der Waals surface area contributed by atoms with Crippen molar-refractivity contribution in [2.24, 2.45) is 5.73 Å². The summed E-state index contributed by atoms with van der Waals surface area (Å²) in [5, 5.41) is 0. The second-order valence-electron chi connectivity index (χ2n) is 25.9. The van der Waals surface area contributed by atoms with Gasteiger partial charge in [-0.1, -0.05) is 359 Å². The lowest BCUT2D eigenvalue weighted by molar-refractivity contribution is -0.161. The van der Waals surface area contributed by atoms with Gasteiger partial charge in [0, 0.05) is 19.4 Å². The van der Waals surface area contributed by atoms with Crippen LogP contribution in [-0.4, -0.2) is 49.3 Å². The lowest BCUT2D eigenvalue weighted by Gasteiger charge is -2.19. The van der Waals surface area contributed by atoms with E-state index in [9.17, 15) is 19.0 Å². The Bertz CT molecular complexity index is 1440. The van der Waals surface area contributed by atoms with E-state index in [1.165, 1.54) is 347 Å². The third kappa shape index (κ3) is 71.4. The van der Waals surface area contributed by atoms with E-state index in [1.54, 1.807) is 0 Å². The van der Waals surface area contributed by atoms with Gasteiger partial charge in [-0.15, -0.1) is 0 Å². The Morgan fingerprint density at radius 1 is 0.341 bits per heavy atom. The molecular formula is C75H146NO8P. The smallest absolute Gasteiger partial charge is 0.462 e. The van der Waals surface area contributed by atoms with Gasteiger partial charge in [-0.2, -0.15) is 0 Å². The van der Waals surface area contributed by atoms with E-state index in [4.69, 9.17) is 24.3 Å². The van der Waals surface area contributed by atoms with Gasteiger partial charge < -0.3 is 20.1 Å². The molecule has 0 radical (unpaired) electrons. The van der Waals surface area contributed by atoms with Crippen molar-refractivity contribution in [3.05, 3.63) is 24.3 Å². The number of rotatable bonds is 73. The topological polar surface area (TPSA) is 134 Å². The number of ether oxygens (including phenoxy) is 2. The second-order valence-corrected chi connectivity index (χ2v) is 27.3. The standard InChI is InChI=1S/C75H146NO8P/c1-3-5-7-9-11-13-15-17-19-21-23-25-27-29-31-32-33-34-35-36-37-38-39-40-42-44-46-48-50-52-54-56-58-60-62-64-66-68-75(78)84-73(72-83-85(79,80)82-70-69-76)71-81-74(77)67-65-63-61-59-57-55-53-51-49-47-45-43-41-30-28-26-24-22-20-18-16-14-12-10-8-6-4-2/h21-24,73H,3-20,25-72,76H2,1-2H3,(H,79,80)/b23-21-,24-22-. The van der Waals surface area contributed by atoms with Gasteiger partial charge >= 0.3 is 19.8 Å². The van der Waals surface area contributed by atoms with Crippen LogP contribution in [0.4, 0.5) is 0 Å². The zero-order valence-electron chi connectivity index (χ0n) is 56.9. The van der Waals surface area contributed by atoms with Crippen LogP contribution in [0.1, 0.15) is 412 Å². The molecule has 504 valence electrons. The number of phosphoric ester groups is 1. The molecule has 0 aromatic rings. The lowest BCUT2D eigenvalue weighted by Crippen LogP contribution is -2.29. The molecule has 0 fully saturated rings. The Labute approximate surface area is 529 Å². The minimum absolute atomic E-state index is 0.0570. The highest BCUT2D eigenvalue weighted by atomic mass is 31.2. The van der Waals surface area contributed by atoms with Gasteiger partial charge in [0.15, 0.2) is 6.10 Å². The number of carbonyl (C=O) groups is 2. The molecule has 0 saturated carbocycles. The molecule has 3 N–H and O–H groups in total. The van der Waals surface area contributed by atoms with Gasteiger partial charge in [-0.05, 0) is 64.2 Å². The van der Waals surface area contributed by atoms with Crippen molar-refractivity contribution < 1.29 is 37.6 Å².